The van der Waals surface area contributed by atoms with Crippen LogP contribution in [0.2, 0.25) is 0 Å². The Bertz CT molecular complexity index is 680. The number of rotatable bonds is 12. The lowest BCUT2D eigenvalue weighted by Gasteiger charge is -2.15. The number of nitrogens with one attached hydrogen (secondary N) is 1. The highest BCUT2D eigenvalue weighted by molar-refractivity contribution is 6.01. The number of anilines is 1. The average molecular weight is 370 g/mol. The number of benzene rings is 2. The van der Waals surface area contributed by atoms with E-state index in [0.29, 0.717) is 12.2 Å². The highest BCUT2D eigenvalue weighted by atomic mass is 16.5. The first kappa shape index (κ1) is 20.8. The van der Waals surface area contributed by atoms with E-state index in [9.17, 15) is 4.79 Å². The summed E-state index contributed by atoms with van der Waals surface area (Å²) in [6, 6.07) is 14.8. The van der Waals surface area contributed by atoms with Crippen molar-refractivity contribution < 1.29 is 14.3 Å². The molecule has 0 spiro atoms. The summed E-state index contributed by atoms with van der Waals surface area (Å²) in [5.74, 6) is 1.71. The molecule has 0 aliphatic rings. The molecule has 0 saturated heterocycles. The van der Waals surface area contributed by atoms with Crippen molar-refractivity contribution in [2.75, 3.05) is 18.5 Å². The predicted octanol–water partition coefficient (Wildman–Crippen LogP) is 5.73. The van der Waals surface area contributed by atoms with E-state index in [1.54, 1.807) is 0 Å². The van der Waals surface area contributed by atoms with Crippen LogP contribution < -0.4 is 14.8 Å². The number of unbranched alkanes of at least 4 members (excludes halogenated alkanes) is 2. The van der Waals surface area contributed by atoms with E-state index >= 15 is 0 Å². The van der Waals surface area contributed by atoms with Crippen molar-refractivity contribution >= 4 is 11.5 Å². The van der Waals surface area contributed by atoms with Crippen molar-refractivity contribution in [2.24, 2.45) is 0 Å². The Balaban J connectivity index is 1.87. The molecule has 0 radical (unpaired) electrons. The minimum atomic E-state index is -0.316. The van der Waals surface area contributed by atoms with Gasteiger partial charge in [-0.3, -0.25) is 4.79 Å². The summed E-state index contributed by atoms with van der Waals surface area (Å²) in [5, 5.41) is 3.25. The normalized spacial score (nSPS) is 11.7. The van der Waals surface area contributed by atoms with E-state index in [0.717, 1.165) is 49.5 Å². The Morgan fingerprint density at radius 1 is 0.852 bits per heavy atom. The number of hydrogen-bond donors (Lipinski definition) is 1. The van der Waals surface area contributed by atoms with Crippen LogP contribution in [0.15, 0.2) is 48.5 Å². The summed E-state index contributed by atoms with van der Waals surface area (Å²) in [5.41, 5.74) is 1.58. The Morgan fingerprint density at radius 2 is 1.33 bits per heavy atom. The van der Waals surface area contributed by atoms with Gasteiger partial charge in [0.05, 0.1) is 19.3 Å². The van der Waals surface area contributed by atoms with Gasteiger partial charge in [-0.2, -0.15) is 0 Å². The number of ether oxygens (including phenoxy) is 2. The summed E-state index contributed by atoms with van der Waals surface area (Å²) in [7, 11) is 0. The molecule has 146 valence electrons. The first-order valence-corrected chi connectivity index (χ1v) is 9.90. The second-order valence-corrected chi connectivity index (χ2v) is 6.68. The van der Waals surface area contributed by atoms with Crippen molar-refractivity contribution in [3.05, 3.63) is 54.1 Å². The lowest BCUT2D eigenvalue weighted by atomic mass is 10.0. The van der Waals surface area contributed by atoms with Gasteiger partial charge in [0, 0.05) is 11.3 Å². The fourth-order valence-electron chi connectivity index (χ4n) is 2.60. The lowest BCUT2D eigenvalue weighted by Crippen LogP contribution is -2.26. The maximum Gasteiger partial charge on any atom is 0.184 e. The molecule has 0 aromatic heterocycles. The van der Waals surface area contributed by atoms with Gasteiger partial charge in [-0.15, -0.1) is 0 Å². The van der Waals surface area contributed by atoms with Gasteiger partial charge in [-0.1, -0.05) is 26.7 Å². The van der Waals surface area contributed by atoms with Crippen LogP contribution in [0.1, 0.15) is 56.8 Å². The number of Topliss-reactive ketones (excluding diaryl/α,β-unsaturated/α-hetero) is 1. The molecule has 0 amide bonds. The molecule has 0 aliphatic carbocycles. The molecule has 2 rings (SSSR count). The van der Waals surface area contributed by atoms with Crippen molar-refractivity contribution in [2.45, 2.75) is 52.5 Å². The van der Waals surface area contributed by atoms with Gasteiger partial charge in [-0.05, 0) is 68.3 Å². The summed E-state index contributed by atoms with van der Waals surface area (Å²) in [6.45, 7) is 7.59. The van der Waals surface area contributed by atoms with Crippen LogP contribution in [-0.4, -0.2) is 25.0 Å². The zero-order chi connectivity index (χ0) is 19.5. The monoisotopic (exact) mass is 369 g/mol. The zero-order valence-corrected chi connectivity index (χ0v) is 16.7. The van der Waals surface area contributed by atoms with Gasteiger partial charge in [0.1, 0.15) is 11.5 Å². The number of carbonyl (C=O) groups is 1. The Labute approximate surface area is 162 Å². The topological polar surface area (TPSA) is 47.6 Å². The summed E-state index contributed by atoms with van der Waals surface area (Å²) in [4.78, 5) is 12.6. The van der Waals surface area contributed by atoms with E-state index in [4.69, 9.17) is 9.47 Å². The molecule has 0 fully saturated rings. The highest BCUT2D eigenvalue weighted by Crippen LogP contribution is 2.19. The van der Waals surface area contributed by atoms with Crippen LogP contribution in [0, 0.1) is 0 Å². The standard InChI is InChI=1S/C23H31NO3/c1-4-6-16-26-21-12-8-19(9-13-21)23(25)18(3)24-20-10-14-22(15-11-20)27-17-7-5-2/h8-15,18,24H,4-7,16-17H2,1-3H3. The molecular weight excluding hydrogens is 338 g/mol. The second-order valence-electron chi connectivity index (χ2n) is 6.68. The molecule has 1 unspecified atom stereocenters. The molecule has 0 saturated carbocycles. The van der Waals surface area contributed by atoms with Gasteiger partial charge in [0.25, 0.3) is 0 Å². The van der Waals surface area contributed by atoms with E-state index in [1.807, 2.05) is 55.5 Å². The van der Waals surface area contributed by atoms with Crippen LogP contribution in [0.4, 0.5) is 5.69 Å². The number of hydrogen-bond acceptors (Lipinski definition) is 4. The molecule has 0 aliphatic heterocycles. The van der Waals surface area contributed by atoms with E-state index in [2.05, 4.69) is 19.2 Å². The molecule has 2 aromatic rings. The first-order chi connectivity index (χ1) is 13.1. The zero-order valence-electron chi connectivity index (χ0n) is 16.7. The quantitative estimate of drug-likeness (QED) is 0.383. The Morgan fingerprint density at radius 3 is 1.81 bits per heavy atom. The van der Waals surface area contributed by atoms with Crippen LogP contribution in [0.3, 0.4) is 0 Å². The maximum absolute atomic E-state index is 12.6. The van der Waals surface area contributed by atoms with Crippen LogP contribution in [-0.2, 0) is 0 Å². The van der Waals surface area contributed by atoms with Crippen LogP contribution >= 0.6 is 0 Å². The predicted molar refractivity (Wildman–Crippen MR) is 111 cm³/mol. The summed E-state index contributed by atoms with van der Waals surface area (Å²) < 4.78 is 11.3. The lowest BCUT2D eigenvalue weighted by molar-refractivity contribution is 0.0975. The third kappa shape index (κ3) is 6.97. The fourth-order valence-corrected chi connectivity index (χ4v) is 2.60. The van der Waals surface area contributed by atoms with Gasteiger partial charge >= 0.3 is 0 Å². The summed E-state index contributed by atoms with van der Waals surface area (Å²) >= 11 is 0. The van der Waals surface area contributed by atoms with Gasteiger partial charge < -0.3 is 14.8 Å². The molecule has 27 heavy (non-hydrogen) atoms. The van der Waals surface area contributed by atoms with Crippen molar-refractivity contribution in [3.63, 3.8) is 0 Å². The number of carbonyl (C=O) groups excluding carboxylic acids is 1. The largest absolute Gasteiger partial charge is 0.494 e. The van der Waals surface area contributed by atoms with Gasteiger partial charge in [-0.25, -0.2) is 0 Å². The van der Waals surface area contributed by atoms with Crippen molar-refractivity contribution in [3.8, 4) is 11.5 Å². The van der Waals surface area contributed by atoms with Gasteiger partial charge in [0.15, 0.2) is 5.78 Å². The SMILES string of the molecule is CCCCOc1ccc(NC(C)C(=O)c2ccc(OCCCC)cc2)cc1. The smallest absolute Gasteiger partial charge is 0.184 e. The average Bonchev–Trinajstić information content (AvgIpc) is 2.69. The third-order valence-electron chi connectivity index (χ3n) is 4.30. The highest BCUT2D eigenvalue weighted by Gasteiger charge is 2.15. The molecule has 1 N–H and O–H groups in total. The molecule has 0 heterocycles. The minimum Gasteiger partial charge on any atom is -0.494 e. The minimum absolute atomic E-state index is 0.0541. The van der Waals surface area contributed by atoms with Crippen molar-refractivity contribution in [1.82, 2.24) is 0 Å². The molecule has 0 bridgehead atoms. The Hall–Kier alpha value is -2.49. The van der Waals surface area contributed by atoms with E-state index in [1.165, 1.54) is 0 Å². The number of ketones is 1. The molecule has 2 aromatic carbocycles. The second kappa shape index (κ2) is 11.3. The third-order valence-corrected chi connectivity index (χ3v) is 4.30. The molecule has 1 atom stereocenters. The first-order valence-electron chi connectivity index (χ1n) is 9.90. The van der Waals surface area contributed by atoms with Crippen molar-refractivity contribution in [1.29, 1.82) is 0 Å². The van der Waals surface area contributed by atoms with Gasteiger partial charge in [0.2, 0.25) is 0 Å². The van der Waals surface area contributed by atoms with Crippen LogP contribution in [0.5, 0.6) is 11.5 Å². The van der Waals surface area contributed by atoms with E-state index in [-0.39, 0.29) is 11.8 Å². The maximum atomic E-state index is 12.6. The molecular formula is C23H31NO3. The molecule has 4 heteroatoms. The molecule has 4 nitrogen and oxygen atoms in total. The fraction of sp³-hybridized carbons (Fsp3) is 0.435. The van der Waals surface area contributed by atoms with Crippen LogP contribution in [0.25, 0.3) is 0 Å². The summed E-state index contributed by atoms with van der Waals surface area (Å²) in [6.07, 6.45) is 4.30. The van der Waals surface area contributed by atoms with E-state index < -0.39 is 0 Å². The Kier molecular flexibility index (Phi) is 8.69.